The molecular formula is C20H25F3N4O3. The van der Waals surface area contributed by atoms with Gasteiger partial charge >= 0.3 is 12.3 Å². The highest BCUT2D eigenvalue weighted by Crippen LogP contribution is 2.25. The second-order valence-corrected chi connectivity index (χ2v) is 7.99. The van der Waals surface area contributed by atoms with Crippen molar-refractivity contribution in [3.8, 4) is 0 Å². The van der Waals surface area contributed by atoms with E-state index >= 15 is 0 Å². The average Bonchev–Trinajstić information content (AvgIpc) is 2.67. The van der Waals surface area contributed by atoms with Gasteiger partial charge in [-0.1, -0.05) is 12.1 Å². The van der Waals surface area contributed by atoms with Crippen LogP contribution in [0.4, 0.5) is 23.7 Å². The molecule has 2 aliphatic rings. The van der Waals surface area contributed by atoms with Crippen molar-refractivity contribution in [1.29, 1.82) is 0 Å². The van der Waals surface area contributed by atoms with E-state index in [2.05, 4.69) is 15.6 Å². The van der Waals surface area contributed by atoms with Crippen LogP contribution < -0.4 is 10.6 Å². The molecule has 0 saturated carbocycles. The summed E-state index contributed by atoms with van der Waals surface area (Å²) in [5.74, 6) is -1.04. The molecule has 1 saturated heterocycles. The van der Waals surface area contributed by atoms with Crippen molar-refractivity contribution in [2.75, 3.05) is 25.0 Å². The lowest BCUT2D eigenvalue weighted by atomic mass is 10.1. The van der Waals surface area contributed by atoms with Crippen molar-refractivity contribution in [1.82, 2.24) is 10.2 Å². The van der Waals surface area contributed by atoms with E-state index in [1.165, 1.54) is 6.08 Å². The Kier molecular flexibility index (Phi) is 6.25. The van der Waals surface area contributed by atoms with Gasteiger partial charge in [0.05, 0.1) is 13.2 Å². The fraction of sp³-hybridized carbons (Fsp3) is 0.500. The summed E-state index contributed by atoms with van der Waals surface area (Å²) in [7, 11) is 0. The third-order valence-corrected chi connectivity index (χ3v) is 4.37. The highest BCUT2D eigenvalue weighted by molar-refractivity contribution is 5.89. The first kappa shape index (κ1) is 21.9. The largest absolute Gasteiger partial charge is 0.449 e. The summed E-state index contributed by atoms with van der Waals surface area (Å²) >= 11 is 0. The number of rotatable bonds is 3. The molecule has 1 amide bonds. The number of halogens is 3. The number of amides is 1. The van der Waals surface area contributed by atoms with Gasteiger partial charge in [-0.15, -0.1) is 0 Å². The highest BCUT2D eigenvalue weighted by Gasteiger charge is 2.37. The minimum absolute atomic E-state index is 0.308. The molecule has 2 unspecified atom stereocenters. The molecule has 2 aliphatic heterocycles. The Balaban J connectivity index is 1.58. The first-order valence-electron chi connectivity index (χ1n) is 9.55. The maximum Gasteiger partial charge on any atom is 0.449 e. The van der Waals surface area contributed by atoms with Gasteiger partial charge in [-0.05, 0) is 44.5 Å². The van der Waals surface area contributed by atoms with Crippen LogP contribution in [0.1, 0.15) is 32.4 Å². The summed E-state index contributed by atoms with van der Waals surface area (Å²) in [6, 6.07) is 7.13. The van der Waals surface area contributed by atoms with E-state index < -0.39 is 23.8 Å². The van der Waals surface area contributed by atoms with Gasteiger partial charge in [-0.25, -0.2) is 9.79 Å². The predicted octanol–water partition coefficient (Wildman–Crippen LogP) is 3.81. The fourth-order valence-electron chi connectivity index (χ4n) is 2.99. The number of alkyl halides is 3. The molecule has 3 rings (SSSR count). The lowest BCUT2D eigenvalue weighted by Crippen LogP contribution is -2.47. The van der Waals surface area contributed by atoms with Gasteiger partial charge in [0.1, 0.15) is 17.9 Å². The van der Waals surface area contributed by atoms with Gasteiger partial charge in [0, 0.05) is 18.4 Å². The van der Waals surface area contributed by atoms with Gasteiger partial charge in [-0.2, -0.15) is 13.2 Å². The van der Waals surface area contributed by atoms with E-state index in [1.807, 2.05) is 32.9 Å². The summed E-state index contributed by atoms with van der Waals surface area (Å²) in [6.45, 7) is 6.64. The van der Waals surface area contributed by atoms with E-state index in [0.29, 0.717) is 25.4 Å². The number of nitrogens with one attached hydrogen (secondary N) is 2. The summed E-state index contributed by atoms with van der Waals surface area (Å²) in [6.07, 6.45) is -3.35. The molecule has 0 bridgehead atoms. The molecule has 1 aromatic carbocycles. The fourth-order valence-corrected chi connectivity index (χ4v) is 2.99. The first-order valence-corrected chi connectivity index (χ1v) is 9.55. The van der Waals surface area contributed by atoms with Crippen LogP contribution in [0, 0.1) is 0 Å². The zero-order valence-corrected chi connectivity index (χ0v) is 17.0. The van der Waals surface area contributed by atoms with Crippen LogP contribution in [0.3, 0.4) is 0 Å². The zero-order chi connectivity index (χ0) is 21.9. The van der Waals surface area contributed by atoms with E-state index in [4.69, 9.17) is 9.47 Å². The number of ether oxygens (including phenoxy) is 2. The number of benzene rings is 1. The molecular weight excluding hydrogens is 401 g/mol. The highest BCUT2D eigenvalue weighted by atomic mass is 19.4. The standard InChI is InChI=1S/C20H25F3N4O3/c1-19(2,3)30-18(28)27-10-11-29-15(12-27)13-4-6-14(7-5-13)25-16-8-9-24-17(26-16)20(21,22)23/h4-9,15-16,25H,10-12H2,1-3H3,(H,24,26). The molecule has 30 heavy (non-hydrogen) atoms. The minimum Gasteiger partial charge on any atom is -0.444 e. The van der Waals surface area contributed by atoms with Crippen LogP contribution in [0.5, 0.6) is 0 Å². The summed E-state index contributed by atoms with van der Waals surface area (Å²) in [5.41, 5.74) is 0.916. The van der Waals surface area contributed by atoms with E-state index in [1.54, 1.807) is 17.0 Å². The predicted molar refractivity (Wildman–Crippen MR) is 106 cm³/mol. The molecule has 10 heteroatoms. The lowest BCUT2D eigenvalue weighted by Gasteiger charge is -2.34. The number of amidine groups is 1. The second kappa shape index (κ2) is 8.55. The third kappa shape index (κ3) is 5.88. The van der Waals surface area contributed by atoms with Gasteiger partial charge in [-0.3, -0.25) is 0 Å². The van der Waals surface area contributed by atoms with Crippen LogP contribution in [-0.4, -0.2) is 54.5 Å². The van der Waals surface area contributed by atoms with Crippen molar-refractivity contribution in [2.45, 2.75) is 44.8 Å². The molecule has 0 aliphatic carbocycles. The maximum absolute atomic E-state index is 12.8. The zero-order valence-electron chi connectivity index (χ0n) is 17.0. The van der Waals surface area contributed by atoms with Gasteiger partial charge < -0.3 is 25.0 Å². The van der Waals surface area contributed by atoms with Gasteiger partial charge in [0.25, 0.3) is 0 Å². The second-order valence-electron chi connectivity index (χ2n) is 7.99. The first-order chi connectivity index (χ1) is 14.0. The normalized spacial score (nSPS) is 22.2. The van der Waals surface area contributed by atoms with Crippen LogP contribution in [0.2, 0.25) is 0 Å². The number of hydrogen-bond acceptors (Lipinski definition) is 6. The Morgan fingerprint density at radius 2 is 1.97 bits per heavy atom. The van der Waals surface area contributed by atoms with Crippen LogP contribution in [0.15, 0.2) is 41.5 Å². The van der Waals surface area contributed by atoms with E-state index in [0.717, 1.165) is 11.8 Å². The van der Waals surface area contributed by atoms with Crippen LogP contribution >= 0.6 is 0 Å². The number of aliphatic imine (C=N–C) groups is 1. The molecule has 0 spiro atoms. The molecule has 2 N–H and O–H groups in total. The van der Waals surface area contributed by atoms with Gasteiger partial charge in [0.15, 0.2) is 0 Å². The SMILES string of the molecule is CC(C)(C)OC(=O)N1CCOC(c2ccc(NC3C=CN=C(C(F)(F)F)N3)cc2)C1. The summed E-state index contributed by atoms with van der Waals surface area (Å²) in [4.78, 5) is 17.2. The Morgan fingerprint density at radius 1 is 1.27 bits per heavy atom. The van der Waals surface area contributed by atoms with Crippen molar-refractivity contribution < 1.29 is 27.4 Å². The molecule has 2 heterocycles. The Morgan fingerprint density at radius 3 is 2.60 bits per heavy atom. The maximum atomic E-state index is 12.8. The topological polar surface area (TPSA) is 75.2 Å². The molecule has 7 nitrogen and oxygen atoms in total. The summed E-state index contributed by atoms with van der Waals surface area (Å²) < 4.78 is 49.6. The Labute approximate surface area is 172 Å². The van der Waals surface area contributed by atoms with E-state index in [-0.39, 0.29) is 12.2 Å². The lowest BCUT2D eigenvalue weighted by molar-refractivity contribution is -0.0621. The van der Waals surface area contributed by atoms with Crippen molar-refractivity contribution in [3.63, 3.8) is 0 Å². The number of carbonyl (C=O) groups is 1. The molecule has 0 radical (unpaired) electrons. The molecule has 2 atom stereocenters. The van der Waals surface area contributed by atoms with Crippen molar-refractivity contribution in [3.05, 3.63) is 42.1 Å². The van der Waals surface area contributed by atoms with Crippen molar-refractivity contribution >= 4 is 17.6 Å². The number of anilines is 1. The monoisotopic (exact) mass is 426 g/mol. The molecule has 164 valence electrons. The van der Waals surface area contributed by atoms with Crippen LogP contribution in [-0.2, 0) is 9.47 Å². The molecule has 0 aromatic heterocycles. The van der Waals surface area contributed by atoms with Crippen LogP contribution in [0.25, 0.3) is 0 Å². The Hall–Kier alpha value is -2.75. The molecule has 1 fully saturated rings. The smallest absolute Gasteiger partial charge is 0.444 e. The number of nitrogens with zero attached hydrogens (tertiary/aromatic N) is 2. The average molecular weight is 426 g/mol. The number of carbonyl (C=O) groups excluding carboxylic acids is 1. The Bertz CT molecular complexity index is 816. The van der Waals surface area contributed by atoms with Crippen molar-refractivity contribution in [2.24, 2.45) is 4.99 Å². The quantitative estimate of drug-likeness (QED) is 0.769. The van der Waals surface area contributed by atoms with E-state index in [9.17, 15) is 18.0 Å². The molecule has 1 aromatic rings. The third-order valence-electron chi connectivity index (χ3n) is 4.37. The number of morpholine rings is 1. The van der Waals surface area contributed by atoms with Gasteiger partial charge in [0.2, 0.25) is 5.84 Å². The minimum atomic E-state index is -4.53. The summed E-state index contributed by atoms with van der Waals surface area (Å²) in [5, 5.41) is 5.26. The number of hydrogen-bond donors (Lipinski definition) is 2.